The highest BCUT2D eigenvalue weighted by molar-refractivity contribution is 6.21. The SMILES string of the molecule is C=C/C(=C\C(C)(C)/C(C)=C/C=C(CC)/C(=C/CC)CC)OCCCCN1C(=O)c2ccccc2C1=O. The van der Waals surface area contributed by atoms with Gasteiger partial charge in [0.05, 0.1) is 17.7 Å². The third kappa shape index (κ3) is 7.43. The molecule has 0 aliphatic carbocycles. The summed E-state index contributed by atoms with van der Waals surface area (Å²) in [6.07, 6.45) is 15.2. The first kappa shape index (κ1) is 29.1. The van der Waals surface area contributed by atoms with Crippen LogP contribution in [0.25, 0.3) is 0 Å². The van der Waals surface area contributed by atoms with Crippen molar-refractivity contribution in [2.45, 2.75) is 73.6 Å². The number of imide groups is 1. The number of unbranched alkanes of at least 4 members (excludes halogenated alkanes) is 1. The third-order valence-electron chi connectivity index (χ3n) is 6.80. The van der Waals surface area contributed by atoms with E-state index in [0.717, 1.165) is 31.4 Å². The number of amides is 2. The largest absolute Gasteiger partial charge is 0.494 e. The molecule has 0 radical (unpaired) electrons. The van der Waals surface area contributed by atoms with Gasteiger partial charge < -0.3 is 4.74 Å². The van der Waals surface area contributed by atoms with Crippen molar-refractivity contribution in [3.8, 4) is 0 Å². The summed E-state index contributed by atoms with van der Waals surface area (Å²) in [6.45, 7) is 17.9. The Morgan fingerprint density at radius 1 is 0.972 bits per heavy atom. The number of hydrogen-bond donors (Lipinski definition) is 0. The second-order valence-electron chi connectivity index (χ2n) is 9.72. The fourth-order valence-corrected chi connectivity index (χ4v) is 4.27. The Kier molecular flexibility index (Phi) is 11.2. The first-order chi connectivity index (χ1) is 17.2. The average Bonchev–Trinajstić information content (AvgIpc) is 3.11. The van der Waals surface area contributed by atoms with E-state index >= 15 is 0 Å². The molecule has 36 heavy (non-hydrogen) atoms. The predicted octanol–water partition coefficient (Wildman–Crippen LogP) is 8.20. The standard InChI is InChI=1S/C32H43NO3/c1-8-16-25(9-2)26(10-3)20-19-24(5)32(6,7)23-27(11-4)36-22-15-14-21-33-30(34)28-17-12-13-18-29(28)31(33)35/h11-13,16-20,23H,4,8-10,14-15,21-22H2,1-3,5-7H3/b24-19+,25-16+,26-20+,27-23+. The zero-order valence-electron chi connectivity index (χ0n) is 23.0. The van der Waals surface area contributed by atoms with Gasteiger partial charge in [-0.2, -0.15) is 0 Å². The molecule has 1 aromatic rings. The molecule has 2 amide bonds. The lowest BCUT2D eigenvalue weighted by molar-refractivity contribution is 0.0648. The molecule has 1 aliphatic heterocycles. The number of nitrogens with zero attached hydrogens (tertiary/aromatic N) is 1. The van der Waals surface area contributed by atoms with Gasteiger partial charge in [0, 0.05) is 12.0 Å². The number of ether oxygens (including phenoxy) is 1. The molecule has 0 saturated heterocycles. The summed E-state index contributed by atoms with van der Waals surface area (Å²) in [4.78, 5) is 26.3. The maximum absolute atomic E-state index is 12.5. The van der Waals surface area contributed by atoms with Crippen molar-refractivity contribution in [2.75, 3.05) is 13.2 Å². The Balaban J connectivity index is 1.94. The van der Waals surface area contributed by atoms with Crippen molar-refractivity contribution in [1.29, 1.82) is 0 Å². The number of carbonyl (C=O) groups is 2. The van der Waals surface area contributed by atoms with Gasteiger partial charge >= 0.3 is 0 Å². The fourth-order valence-electron chi connectivity index (χ4n) is 4.27. The van der Waals surface area contributed by atoms with Crippen LogP contribution < -0.4 is 0 Å². The molecule has 0 bridgehead atoms. The number of rotatable bonds is 14. The highest BCUT2D eigenvalue weighted by atomic mass is 16.5. The van der Waals surface area contributed by atoms with E-state index in [1.54, 1.807) is 30.3 Å². The Bertz CT molecular complexity index is 1030. The summed E-state index contributed by atoms with van der Waals surface area (Å²) in [6, 6.07) is 6.99. The molecule has 0 atom stereocenters. The van der Waals surface area contributed by atoms with Crippen molar-refractivity contribution in [3.05, 3.63) is 94.8 Å². The summed E-state index contributed by atoms with van der Waals surface area (Å²) >= 11 is 0. The van der Waals surface area contributed by atoms with Gasteiger partial charge in [-0.05, 0) is 74.5 Å². The number of fused-ring (bicyclic) bond motifs is 1. The molecule has 0 fully saturated rings. The number of allylic oxidation sites excluding steroid dienone is 8. The molecule has 0 saturated carbocycles. The topological polar surface area (TPSA) is 46.6 Å². The minimum atomic E-state index is -0.205. The molecule has 0 unspecified atom stereocenters. The van der Waals surface area contributed by atoms with Crippen molar-refractivity contribution in [1.82, 2.24) is 4.90 Å². The minimum absolute atomic E-state index is 0.195. The van der Waals surface area contributed by atoms with Crippen LogP contribution >= 0.6 is 0 Å². The molecule has 1 heterocycles. The molecule has 4 heteroatoms. The van der Waals surface area contributed by atoms with Crippen LogP contribution in [-0.2, 0) is 4.74 Å². The Labute approximate surface area is 218 Å². The van der Waals surface area contributed by atoms with Gasteiger partial charge in [0.2, 0.25) is 0 Å². The quantitative estimate of drug-likeness (QED) is 0.114. The highest BCUT2D eigenvalue weighted by Gasteiger charge is 2.34. The lowest BCUT2D eigenvalue weighted by Gasteiger charge is -2.23. The number of hydrogen-bond acceptors (Lipinski definition) is 3. The molecule has 0 spiro atoms. The van der Waals surface area contributed by atoms with Gasteiger partial charge in [-0.3, -0.25) is 14.5 Å². The van der Waals surface area contributed by atoms with Crippen LogP contribution in [-0.4, -0.2) is 29.9 Å². The smallest absolute Gasteiger partial charge is 0.261 e. The van der Waals surface area contributed by atoms with Gasteiger partial charge in [0.15, 0.2) is 0 Å². The number of benzene rings is 1. The van der Waals surface area contributed by atoms with Crippen molar-refractivity contribution >= 4 is 11.8 Å². The Morgan fingerprint density at radius 2 is 1.58 bits per heavy atom. The maximum Gasteiger partial charge on any atom is 0.261 e. The van der Waals surface area contributed by atoms with Crippen molar-refractivity contribution in [2.24, 2.45) is 5.41 Å². The first-order valence-electron chi connectivity index (χ1n) is 13.2. The van der Waals surface area contributed by atoms with Gasteiger partial charge in [-0.1, -0.05) is 77.1 Å². The normalized spacial score (nSPS) is 15.4. The molecule has 194 valence electrons. The van der Waals surface area contributed by atoms with Crippen LogP contribution in [0.15, 0.2) is 83.7 Å². The molecular weight excluding hydrogens is 446 g/mol. The maximum atomic E-state index is 12.5. The van der Waals surface area contributed by atoms with E-state index in [0.29, 0.717) is 30.7 Å². The van der Waals surface area contributed by atoms with Crippen LogP contribution in [0, 0.1) is 5.41 Å². The average molecular weight is 490 g/mol. The number of carbonyl (C=O) groups excluding carboxylic acids is 2. The van der Waals surface area contributed by atoms with E-state index in [1.807, 2.05) is 0 Å². The summed E-state index contributed by atoms with van der Waals surface area (Å²) in [7, 11) is 0. The van der Waals surface area contributed by atoms with Gasteiger partial charge in [0.25, 0.3) is 11.8 Å². The fraction of sp³-hybridized carbons (Fsp3) is 0.438. The molecule has 1 aromatic carbocycles. The highest BCUT2D eigenvalue weighted by Crippen LogP contribution is 2.30. The van der Waals surface area contributed by atoms with Crippen LogP contribution in [0.3, 0.4) is 0 Å². The van der Waals surface area contributed by atoms with Crippen LogP contribution in [0.2, 0.25) is 0 Å². The van der Waals surface area contributed by atoms with E-state index in [2.05, 4.69) is 72.4 Å². The summed E-state index contributed by atoms with van der Waals surface area (Å²) in [5.41, 5.74) is 4.85. The van der Waals surface area contributed by atoms with Gasteiger partial charge in [-0.25, -0.2) is 0 Å². The van der Waals surface area contributed by atoms with Gasteiger partial charge in [-0.15, -0.1) is 0 Å². The van der Waals surface area contributed by atoms with E-state index in [4.69, 9.17) is 4.74 Å². The minimum Gasteiger partial charge on any atom is -0.494 e. The molecule has 0 N–H and O–H groups in total. The van der Waals surface area contributed by atoms with Crippen LogP contribution in [0.1, 0.15) is 94.4 Å². The molecule has 2 rings (SSSR count). The lowest BCUT2D eigenvalue weighted by Crippen LogP contribution is -2.30. The molecule has 0 aromatic heterocycles. The van der Waals surface area contributed by atoms with E-state index in [1.165, 1.54) is 21.6 Å². The van der Waals surface area contributed by atoms with E-state index in [-0.39, 0.29) is 17.2 Å². The second-order valence-corrected chi connectivity index (χ2v) is 9.72. The van der Waals surface area contributed by atoms with Crippen molar-refractivity contribution in [3.63, 3.8) is 0 Å². The zero-order chi connectivity index (χ0) is 26.7. The lowest BCUT2D eigenvalue weighted by atomic mass is 9.83. The van der Waals surface area contributed by atoms with Crippen LogP contribution in [0.5, 0.6) is 0 Å². The van der Waals surface area contributed by atoms with Crippen LogP contribution in [0.4, 0.5) is 0 Å². The van der Waals surface area contributed by atoms with Gasteiger partial charge in [0.1, 0.15) is 5.76 Å². The first-order valence-corrected chi connectivity index (χ1v) is 13.2. The molecular formula is C32H43NO3. The monoisotopic (exact) mass is 489 g/mol. The third-order valence-corrected chi connectivity index (χ3v) is 6.80. The summed E-state index contributed by atoms with van der Waals surface area (Å²) in [5.74, 6) is 0.334. The Hall–Kier alpha value is -3.14. The summed E-state index contributed by atoms with van der Waals surface area (Å²) in [5, 5.41) is 0. The predicted molar refractivity (Wildman–Crippen MR) is 150 cm³/mol. The van der Waals surface area contributed by atoms with Crippen molar-refractivity contribution < 1.29 is 14.3 Å². The Morgan fingerprint density at radius 3 is 2.11 bits per heavy atom. The van der Waals surface area contributed by atoms with E-state index in [9.17, 15) is 9.59 Å². The molecule has 1 aliphatic rings. The second kappa shape index (κ2) is 13.8. The van der Waals surface area contributed by atoms with E-state index < -0.39 is 0 Å². The zero-order valence-corrected chi connectivity index (χ0v) is 23.0. The molecule has 4 nitrogen and oxygen atoms in total. The summed E-state index contributed by atoms with van der Waals surface area (Å²) < 4.78 is 5.99.